The monoisotopic (exact) mass is 554 g/mol. The average Bonchev–Trinajstić information content (AvgIpc) is 2.96. The van der Waals surface area contributed by atoms with Crippen molar-refractivity contribution >= 4 is 57.7 Å². The van der Waals surface area contributed by atoms with Gasteiger partial charge in [-0.05, 0) is 79.1 Å². The smallest absolute Gasteiger partial charge is 0.229 e. The van der Waals surface area contributed by atoms with Crippen LogP contribution in [0, 0.1) is 5.92 Å². The molecule has 40 heavy (non-hydrogen) atoms. The molecule has 0 radical (unpaired) electrons. The average molecular weight is 555 g/mol. The van der Waals surface area contributed by atoms with Crippen LogP contribution in [0.1, 0.15) is 30.4 Å². The highest BCUT2D eigenvalue weighted by atomic mass is 35.5. The van der Waals surface area contributed by atoms with Crippen LogP contribution >= 0.6 is 11.6 Å². The van der Waals surface area contributed by atoms with E-state index < -0.39 is 0 Å². The molecule has 5 N–H and O–H groups in total. The zero-order valence-corrected chi connectivity index (χ0v) is 22.8. The molecule has 2 aliphatic heterocycles. The lowest BCUT2D eigenvalue weighted by Gasteiger charge is -2.34. The maximum atomic E-state index is 13.2. The standard InChI is InChI=1S/C30H31ClN8O/c31-24-18-34-30-36-23-13-20(16-33-17-23)5-6-21-15-22(35-29(24)38-30)7-8-26(21)37-28(40)14-19-9-11-39(12-10-19)27-4-2-1-3-25(27)32/h1-4,7-8,13,15-19H,5-6,9-12,14,32H2,(H,37,40)(H2,34,35,36,38). The third-order valence-corrected chi connectivity index (χ3v) is 7.76. The fraction of sp³-hybridized carbons (Fsp3) is 0.267. The van der Waals surface area contributed by atoms with E-state index in [1.165, 1.54) is 0 Å². The number of halogens is 1. The molecule has 0 unspecified atom stereocenters. The van der Waals surface area contributed by atoms with Gasteiger partial charge in [0.1, 0.15) is 5.02 Å². The van der Waals surface area contributed by atoms with Gasteiger partial charge in [-0.1, -0.05) is 23.7 Å². The Bertz CT molecular complexity index is 1540. The number of hydrogen-bond acceptors (Lipinski definition) is 8. The van der Waals surface area contributed by atoms with Crippen LogP contribution in [0.4, 0.5) is 40.2 Å². The number of nitrogen functional groups attached to an aromatic ring is 1. The van der Waals surface area contributed by atoms with Gasteiger partial charge in [0, 0.05) is 37.1 Å². The number of piperidine rings is 1. The van der Waals surface area contributed by atoms with Crippen molar-refractivity contribution in [2.24, 2.45) is 5.92 Å². The first kappa shape index (κ1) is 25.9. The first-order valence-electron chi connectivity index (χ1n) is 13.5. The Morgan fingerprint density at radius 1 is 1.02 bits per heavy atom. The van der Waals surface area contributed by atoms with E-state index >= 15 is 0 Å². The van der Waals surface area contributed by atoms with E-state index in [9.17, 15) is 4.79 Å². The molecule has 6 rings (SSSR count). The van der Waals surface area contributed by atoms with Gasteiger partial charge in [-0.3, -0.25) is 9.78 Å². The van der Waals surface area contributed by atoms with Gasteiger partial charge in [-0.15, -0.1) is 0 Å². The molecule has 0 atom stereocenters. The zero-order chi connectivity index (χ0) is 27.5. The molecule has 0 saturated carbocycles. The lowest BCUT2D eigenvalue weighted by atomic mass is 9.92. The highest BCUT2D eigenvalue weighted by Gasteiger charge is 2.23. The minimum Gasteiger partial charge on any atom is -0.397 e. The van der Waals surface area contributed by atoms with Gasteiger partial charge in [-0.25, -0.2) is 4.98 Å². The number of nitrogens with one attached hydrogen (secondary N) is 3. The normalized spacial score (nSPS) is 15.1. The van der Waals surface area contributed by atoms with Crippen LogP contribution in [-0.2, 0) is 17.6 Å². The van der Waals surface area contributed by atoms with E-state index in [0.717, 1.165) is 78.3 Å². The Balaban J connectivity index is 1.17. The number of aryl methyl sites for hydroxylation is 2. The van der Waals surface area contributed by atoms with Crippen LogP contribution in [0.25, 0.3) is 0 Å². The molecule has 2 aromatic heterocycles. The number of anilines is 7. The van der Waals surface area contributed by atoms with Crippen molar-refractivity contribution in [2.45, 2.75) is 32.1 Å². The quantitative estimate of drug-likeness (QED) is 0.229. The van der Waals surface area contributed by atoms with Crippen molar-refractivity contribution in [1.82, 2.24) is 15.0 Å². The summed E-state index contributed by atoms with van der Waals surface area (Å²) in [5.41, 5.74) is 12.6. The SMILES string of the molecule is Nc1ccccc1N1CCC(CC(=O)Nc2ccc3cc2CCc2cncc(c2)Nc2ncc(Cl)c(n2)N3)CC1. The number of carbonyl (C=O) groups excluding carboxylic acids is 1. The number of pyridine rings is 1. The van der Waals surface area contributed by atoms with Gasteiger partial charge in [0.2, 0.25) is 11.9 Å². The van der Waals surface area contributed by atoms with Gasteiger partial charge >= 0.3 is 0 Å². The Morgan fingerprint density at radius 3 is 2.73 bits per heavy atom. The van der Waals surface area contributed by atoms with Crippen LogP contribution in [0.2, 0.25) is 5.02 Å². The third kappa shape index (κ3) is 5.94. The summed E-state index contributed by atoms with van der Waals surface area (Å²) in [7, 11) is 0. The largest absolute Gasteiger partial charge is 0.397 e. The first-order valence-corrected chi connectivity index (χ1v) is 13.9. The van der Waals surface area contributed by atoms with Gasteiger partial charge < -0.3 is 26.6 Å². The minimum atomic E-state index is 0.0360. The van der Waals surface area contributed by atoms with Gasteiger partial charge in [0.15, 0.2) is 5.82 Å². The summed E-state index contributed by atoms with van der Waals surface area (Å²) in [5.74, 6) is 1.29. The van der Waals surface area contributed by atoms with E-state index in [4.69, 9.17) is 17.3 Å². The Kier molecular flexibility index (Phi) is 7.37. The summed E-state index contributed by atoms with van der Waals surface area (Å²) < 4.78 is 0. The molecule has 2 aliphatic rings. The summed E-state index contributed by atoms with van der Waals surface area (Å²) >= 11 is 6.38. The zero-order valence-electron chi connectivity index (χ0n) is 22.0. The molecular formula is C30H31ClN8O. The van der Waals surface area contributed by atoms with Crippen LogP contribution in [-0.4, -0.2) is 33.9 Å². The molecule has 1 saturated heterocycles. The second kappa shape index (κ2) is 11.4. The number of amides is 1. The maximum absolute atomic E-state index is 13.2. The van der Waals surface area contributed by atoms with E-state index in [1.54, 1.807) is 12.4 Å². The molecule has 4 heterocycles. The lowest BCUT2D eigenvalue weighted by molar-refractivity contribution is -0.117. The summed E-state index contributed by atoms with van der Waals surface area (Å²) in [6.07, 6.45) is 9.04. The second-order valence-electron chi connectivity index (χ2n) is 10.3. The Hall–Kier alpha value is -4.37. The topological polar surface area (TPSA) is 121 Å². The number of carbonyl (C=O) groups is 1. The number of rotatable bonds is 4. The Morgan fingerprint density at radius 2 is 1.88 bits per heavy atom. The molecule has 1 amide bonds. The minimum absolute atomic E-state index is 0.0360. The van der Waals surface area contributed by atoms with Crippen molar-refractivity contribution in [3.05, 3.63) is 83.3 Å². The highest BCUT2D eigenvalue weighted by molar-refractivity contribution is 6.32. The maximum Gasteiger partial charge on any atom is 0.229 e. The molecule has 4 aromatic rings. The van der Waals surface area contributed by atoms with E-state index in [0.29, 0.717) is 29.1 Å². The number of aromatic nitrogens is 3. The molecule has 2 aromatic carbocycles. The van der Waals surface area contributed by atoms with Gasteiger partial charge in [-0.2, -0.15) is 4.98 Å². The molecule has 1 fully saturated rings. The van der Waals surface area contributed by atoms with Crippen LogP contribution in [0.15, 0.2) is 67.1 Å². The fourth-order valence-corrected chi connectivity index (χ4v) is 5.51. The molecule has 6 bridgehead atoms. The summed E-state index contributed by atoms with van der Waals surface area (Å²) in [5, 5.41) is 10.1. The van der Waals surface area contributed by atoms with Gasteiger partial charge in [0.25, 0.3) is 0 Å². The number of hydrogen-bond donors (Lipinski definition) is 4. The molecule has 10 heteroatoms. The lowest BCUT2D eigenvalue weighted by Crippen LogP contribution is -2.35. The summed E-state index contributed by atoms with van der Waals surface area (Å²) in [6.45, 7) is 1.79. The van der Waals surface area contributed by atoms with Crippen molar-refractivity contribution < 1.29 is 4.79 Å². The van der Waals surface area contributed by atoms with Crippen molar-refractivity contribution in [2.75, 3.05) is 39.7 Å². The first-order chi connectivity index (χ1) is 19.5. The summed E-state index contributed by atoms with van der Waals surface area (Å²) in [6, 6.07) is 15.9. The number of benzene rings is 2. The Labute approximate surface area is 238 Å². The van der Waals surface area contributed by atoms with E-state index in [2.05, 4.69) is 41.9 Å². The molecule has 0 aliphatic carbocycles. The van der Waals surface area contributed by atoms with Crippen molar-refractivity contribution in [3.63, 3.8) is 0 Å². The molecule has 9 nitrogen and oxygen atoms in total. The second-order valence-corrected chi connectivity index (χ2v) is 10.7. The fourth-order valence-electron chi connectivity index (χ4n) is 5.37. The molecule has 204 valence electrons. The highest BCUT2D eigenvalue weighted by Crippen LogP contribution is 2.31. The molecule has 0 spiro atoms. The van der Waals surface area contributed by atoms with E-state index in [-0.39, 0.29) is 5.91 Å². The van der Waals surface area contributed by atoms with Crippen LogP contribution < -0.4 is 26.6 Å². The summed E-state index contributed by atoms with van der Waals surface area (Å²) in [4.78, 5) is 28.7. The predicted molar refractivity (Wildman–Crippen MR) is 161 cm³/mol. The van der Waals surface area contributed by atoms with Crippen molar-refractivity contribution in [3.8, 4) is 0 Å². The number of fused-ring (bicyclic) bond motifs is 6. The number of para-hydroxylation sites is 2. The third-order valence-electron chi connectivity index (χ3n) is 7.49. The van der Waals surface area contributed by atoms with Crippen LogP contribution in [0.5, 0.6) is 0 Å². The van der Waals surface area contributed by atoms with E-state index in [1.807, 2.05) is 48.7 Å². The molecular weight excluding hydrogens is 524 g/mol. The van der Waals surface area contributed by atoms with Crippen molar-refractivity contribution in [1.29, 1.82) is 0 Å². The van der Waals surface area contributed by atoms with Gasteiger partial charge in [0.05, 0.1) is 29.5 Å². The predicted octanol–water partition coefficient (Wildman–Crippen LogP) is 5.94. The van der Waals surface area contributed by atoms with Crippen LogP contribution in [0.3, 0.4) is 0 Å². The number of nitrogens with zero attached hydrogens (tertiary/aromatic N) is 4. The number of nitrogens with two attached hydrogens (primary N) is 1.